The standard InChI is InChI=1S/C15H17ClN4O2S/c1-10-18-19-15(22-10)23-9-14(21)17-11-4-5-13(12(16)8-11)20-6-2-3-7-20/h4-5,8H,2-3,6-7,9H2,1H3,(H,17,21). The highest BCUT2D eigenvalue weighted by Crippen LogP contribution is 2.31. The molecule has 3 rings (SSSR count). The lowest BCUT2D eigenvalue weighted by atomic mass is 10.2. The third kappa shape index (κ3) is 4.17. The van der Waals surface area contributed by atoms with Crippen LogP contribution in [0.2, 0.25) is 5.02 Å². The zero-order valence-electron chi connectivity index (χ0n) is 12.7. The number of aryl methyl sites for hydroxylation is 1. The van der Waals surface area contributed by atoms with Crippen molar-refractivity contribution in [1.82, 2.24) is 10.2 Å². The Morgan fingerprint density at radius 3 is 2.83 bits per heavy atom. The van der Waals surface area contributed by atoms with Crippen molar-refractivity contribution >= 4 is 40.6 Å². The lowest BCUT2D eigenvalue weighted by Crippen LogP contribution is -2.18. The minimum atomic E-state index is -0.143. The van der Waals surface area contributed by atoms with Crippen molar-refractivity contribution in [2.45, 2.75) is 25.0 Å². The van der Waals surface area contributed by atoms with E-state index in [1.807, 2.05) is 12.1 Å². The van der Waals surface area contributed by atoms with E-state index in [1.165, 1.54) is 24.6 Å². The Labute approximate surface area is 143 Å². The van der Waals surface area contributed by atoms with Gasteiger partial charge in [0.15, 0.2) is 0 Å². The lowest BCUT2D eigenvalue weighted by Gasteiger charge is -2.19. The summed E-state index contributed by atoms with van der Waals surface area (Å²) in [4.78, 5) is 14.2. The Bertz CT molecular complexity index is 701. The van der Waals surface area contributed by atoms with Gasteiger partial charge in [-0.15, -0.1) is 10.2 Å². The Kier molecular flexibility index (Phi) is 5.07. The molecule has 0 spiro atoms. The molecule has 8 heteroatoms. The van der Waals surface area contributed by atoms with Crippen LogP contribution in [0.15, 0.2) is 27.8 Å². The van der Waals surface area contributed by atoms with Crippen LogP contribution in [0.5, 0.6) is 0 Å². The Hall–Kier alpha value is -1.73. The summed E-state index contributed by atoms with van der Waals surface area (Å²) in [5.41, 5.74) is 1.71. The molecule has 0 unspecified atom stereocenters. The molecule has 122 valence electrons. The first-order valence-corrected chi connectivity index (χ1v) is 8.75. The van der Waals surface area contributed by atoms with Gasteiger partial charge in [-0.1, -0.05) is 23.4 Å². The number of rotatable bonds is 5. The quantitative estimate of drug-likeness (QED) is 0.832. The third-order valence-corrected chi connectivity index (χ3v) is 4.63. The van der Waals surface area contributed by atoms with Gasteiger partial charge in [0.1, 0.15) is 0 Å². The summed E-state index contributed by atoms with van der Waals surface area (Å²) in [7, 11) is 0. The minimum absolute atomic E-state index is 0.143. The SMILES string of the molecule is Cc1nnc(SCC(=O)Nc2ccc(N3CCCC3)c(Cl)c2)o1. The van der Waals surface area contributed by atoms with Gasteiger partial charge in [0.2, 0.25) is 11.8 Å². The number of nitrogens with zero attached hydrogens (tertiary/aromatic N) is 3. The van der Waals surface area contributed by atoms with Gasteiger partial charge < -0.3 is 14.6 Å². The number of anilines is 2. The van der Waals surface area contributed by atoms with Gasteiger partial charge >= 0.3 is 0 Å². The second-order valence-electron chi connectivity index (χ2n) is 5.28. The molecule has 2 aromatic rings. The number of benzene rings is 1. The molecule has 1 aliphatic rings. The highest BCUT2D eigenvalue weighted by atomic mass is 35.5. The zero-order valence-corrected chi connectivity index (χ0v) is 14.3. The molecule has 23 heavy (non-hydrogen) atoms. The van der Waals surface area contributed by atoms with Crippen molar-refractivity contribution in [3.63, 3.8) is 0 Å². The topological polar surface area (TPSA) is 71.3 Å². The molecule has 1 fully saturated rings. The number of hydrogen-bond donors (Lipinski definition) is 1. The van der Waals surface area contributed by atoms with Gasteiger partial charge in [0, 0.05) is 25.7 Å². The number of aromatic nitrogens is 2. The van der Waals surface area contributed by atoms with E-state index in [-0.39, 0.29) is 11.7 Å². The van der Waals surface area contributed by atoms with Gasteiger partial charge in [0.05, 0.1) is 16.5 Å². The average Bonchev–Trinajstić information content (AvgIpc) is 3.17. The van der Waals surface area contributed by atoms with Crippen molar-refractivity contribution in [3.05, 3.63) is 29.1 Å². The van der Waals surface area contributed by atoms with Crippen molar-refractivity contribution in [2.75, 3.05) is 29.1 Å². The largest absolute Gasteiger partial charge is 0.416 e. The molecule has 2 heterocycles. The van der Waals surface area contributed by atoms with Crippen LogP contribution in [0.3, 0.4) is 0 Å². The Morgan fingerprint density at radius 2 is 2.17 bits per heavy atom. The van der Waals surface area contributed by atoms with Gasteiger partial charge in [-0.2, -0.15) is 0 Å². The number of carbonyl (C=O) groups excluding carboxylic acids is 1. The number of halogens is 1. The molecule has 1 saturated heterocycles. The van der Waals surface area contributed by atoms with E-state index in [0.717, 1.165) is 18.8 Å². The summed E-state index contributed by atoms with van der Waals surface area (Å²) in [6, 6.07) is 5.62. The summed E-state index contributed by atoms with van der Waals surface area (Å²) in [5, 5.41) is 11.4. The van der Waals surface area contributed by atoms with Crippen LogP contribution >= 0.6 is 23.4 Å². The van der Waals surface area contributed by atoms with Crippen molar-refractivity contribution in [3.8, 4) is 0 Å². The molecule has 1 aromatic carbocycles. The average molecular weight is 353 g/mol. The van der Waals surface area contributed by atoms with E-state index >= 15 is 0 Å². The minimum Gasteiger partial charge on any atom is -0.416 e. The van der Waals surface area contributed by atoms with E-state index in [9.17, 15) is 4.79 Å². The number of amides is 1. The summed E-state index contributed by atoms with van der Waals surface area (Å²) in [6.07, 6.45) is 2.39. The maximum absolute atomic E-state index is 12.0. The van der Waals surface area contributed by atoms with E-state index in [4.69, 9.17) is 16.0 Å². The highest BCUT2D eigenvalue weighted by Gasteiger charge is 2.16. The number of thioether (sulfide) groups is 1. The van der Waals surface area contributed by atoms with Gasteiger partial charge in [-0.3, -0.25) is 4.79 Å². The van der Waals surface area contributed by atoms with E-state index in [0.29, 0.717) is 21.8 Å². The fraction of sp³-hybridized carbons (Fsp3) is 0.400. The van der Waals surface area contributed by atoms with Crippen LogP contribution in [0.4, 0.5) is 11.4 Å². The molecule has 0 aliphatic carbocycles. The summed E-state index contributed by atoms with van der Waals surface area (Å²) in [6.45, 7) is 3.78. The smallest absolute Gasteiger partial charge is 0.277 e. The predicted molar refractivity (Wildman–Crippen MR) is 91.3 cm³/mol. The van der Waals surface area contributed by atoms with Crippen LogP contribution in [0, 0.1) is 6.92 Å². The lowest BCUT2D eigenvalue weighted by molar-refractivity contribution is -0.113. The van der Waals surface area contributed by atoms with Crippen LogP contribution in [-0.4, -0.2) is 34.9 Å². The third-order valence-electron chi connectivity index (χ3n) is 3.51. The first-order valence-electron chi connectivity index (χ1n) is 7.39. The number of carbonyl (C=O) groups is 1. The van der Waals surface area contributed by atoms with E-state index in [1.54, 1.807) is 13.0 Å². The fourth-order valence-corrected chi connectivity index (χ4v) is 3.37. The second kappa shape index (κ2) is 7.23. The molecule has 0 atom stereocenters. The van der Waals surface area contributed by atoms with Gasteiger partial charge in [-0.25, -0.2) is 0 Å². The molecule has 1 N–H and O–H groups in total. The second-order valence-corrected chi connectivity index (χ2v) is 6.62. The first kappa shape index (κ1) is 16.1. The molecule has 0 radical (unpaired) electrons. The van der Waals surface area contributed by atoms with E-state index in [2.05, 4.69) is 20.4 Å². The van der Waals surface area contributed by atoms with Crippen molar-refractivity contribution in [1.29, 1.82) is 0 Å². The number of hydrogen-bond acceptors (Lipinski definition) is 6. The van der Waals surface area contributed by atoms with Crippen LogP contribution in [-0.2, 0) is 4.79 Å². The molecular formula is C15H17ClN4O2S. The maximum atomic E-state index is 12.0. The molecular weight excluding hydrogens is 336 g/mol. The van der Waals surface area contributed by atoms with Crippen LogP contribution < -0.4 is 10.2 Å². The molecule has 1 aliphatic heterocycles. The highest BCUT2D eigenvalue weighted by molar-refractivity contribution is 7.99. The number of nitrogens with one attached hydrogen (secondary N) is 1. The Morgan fingerprint density at radius 1 is 1.39 bits per heavy atom. The van der Waals surface area contributed by atoms with Crippen LogP contribution in [0.1, 0.15) is 18.7 Å². The van der Waals surface area contributed by atoms with Gasteiger partial charge in [-0.05, 0) is 31.0 Å². The van der Waals surface area contributed by atoms with Gasteiger partial charge in [0.25, 0.3) is 5.22 Å². The van der Waals surface area contributed by atoms with Crippen molar-refractivity contribution in [2.24, 2.45) is 0 Å². The van der Waals surface area contributed by atoms with E-state index < -0.39 is 0 Å². The molecule has 1 amide bonds. The summed E-state index contributed by atoms with van der Waals surface area (Å²) >= 11 is 7.54. The summed E-state index contributed by atoms with van der Waals surface area (Å²) < 4.78 is 5.21. The molecule has 6 nitrogen and oxygen atoms in total. The van der Waals surface area contributed by atoms with Crippen LogP contribution in [0.25, 0.3) is 0 Å². The monoisotopic (exact) mass is 352 g/mol. The fourth-order valence-electron chi connectivity index (χ4n) is 2.46. The normalized spacial score (nSPS) is 14.3. The molecule has 0 bridgehead atoms. The zero-order chi connectivity index (χ0) is 16.2. The summed E-state index contributed by atoms with van der Waals surface area (Å²) in [5.74, 6) is 0.542. The van der Waals surface area contributed by atoms with Crippen molar-refractivity contribution < 1.29 is 9.21 Å². The molecule has 0 saturated carbocycles. The maximum Gasteiger partial charge on any atom is 0.277 e. The predicted octanol–water partition coefficient (Wildman–Crippen LogP) is 3.36. The first-order chi connectivity index (χ1) is 11.1. The Balaban J connectivity index is 1.56. The molecule has 1 aromatic heterocycles.